The van der Waals surface area contributed by atoms with Crippen LogP contribution in [0.2, 0.25) is 0 Å². The lowest BCUT2D eigenvalue weighted by atomic mass is 10.1. The van der Waals surface area contributed by atoms with E-state index in [4.69, 9.17) is 4.74 Å². The predicted molar refractivity (Wildman–Crippen MR) is 106 cm³/mol. The highest BCUT2D eigenvalue weighted by Crippen LogP contribution is 2.22. The monoisotopic (exact) mass is 465 g/mol. The first-order valence-corrected chi connectivity index (χ1v) is 8.16. The number of rotatable bonds is 6. The molecule has 2 N–H and O–H groups in total. The number of likely N-dealkylation sites (N-methyl/N-ethyl adjacent to an activating group) is 1. The molecule has 1 aliphatic heterocycles. The molecule has 1 aromatic heterocycles. The summed E-state index contributed by atoms with van der Waals surface area (Å²) in [5, 5.41) is 11.0. The number of nitrogens with zero attached hydrogens (tertiary/aromatic N) is 5. The van der Waals surface area contributed by atoms with Crippen LogP contribution in [0.15, 0.2) is 4.99 Å². The van der Waals surface area contributed by atoms with Crippen LogP contribution in [0, 0.1) is 6.92 Å². The van der Waals surface area contributed by atoms with E-state index >= 15 is 0 Å². The number of aliphatic imine (C=N–C) groups is 1. The van der Waals surface area contributed by atoms with Gasteiger partial charge in [0, 0.05) is 34.3 Å². The number of aromatic nitrogens is 3. The van der Waals surface area contributed by atoms with E-state index in [0.717, 1.165) is 31.0 Å². The van der Waals surface area contributed by atoms with Crippen LogP contribution in [-0.4, -0.2) is 72.4 Å². The maximum Gasteiger partial charge on any atom is 0.243 e. The van der Waals surface area contributed by atoms with Crippen molar-refractivity contribution in [2.75, 3.05) is 40.9 Å². The van der Waals surface area contributed by atoms with Gasteiger partial charge in [-0.1, -0.05) is 0 Å². The number of methoxy groups -OCH3 is 1. The lowest BCUT2D eigenvalue weighted by Crippen LogP contribution is -2.43. The number of hydrogen-bond donors (Lipinski definition) is 2. The van der Waals surface area contributed by atoms with Crippen LogP contribution in [0.3, 0.4) is 0 Å². The van der Waals surface area contributed by atoms with E-state index in [2.05, 4.69) is 25.7 Å². The van der Waals surface area contributed by atoms with Gasteiger partial charge >= 0.3 is 0 Å². The smallest absolute Gasteiger partial charge is 0.243 e. The number of hydrogen-bond acceptors (Lipinski definition) is 5. The fourth-order valence-corrected chi connectivity index (χ4v) is 2.48. The van der Waals surface area contributed by atoms with E-state index in [1.807, 2.05) is 11.6 Å². The fraction of sp³-hybridized carbons (Fsp3) is 0.733. The van der Waals surface area contributed by atoms with Gasteiger partial charge in [0.05, 0.1) is 12.6 Å². The summed E-state index contributed by atoms with van der Waals surface area (Å²) < 4.78 is 7.00. The molecule has 0 radical (unpaired) electrons. The molecule has 142 valence electrons. The molecule has 2 rings (SSSR count). The summed E-state index contributed by atoms with van der Waals surface area (Å²) in [4.78, 5) is 22.2. The number of fused-ring (bicyclic) bond motifs is 1. The number of ether oxygens (including phenoxy) is 1. The lowest BCUT2D eigenvalue weighted by Gasteiger charge is -2.25. The molecular formula is C15H28IN7O2. The number of aryl methyl sites for hydroxylation is 2. The average molecular weight is 465 g/mol. The fourth-order valence-electron chi connectivity index (χ4n) is 2.48. The van der Waals surface area contributed by atoms with Crippen molar-refractivity contribution in [3.05, 3.63) is 11.6 Å². The van der Waals surface area contributed by atoms with Gasteiger partial charge in [0.25, 0.3) is 0 Å². The Bertz CT molecular complexity index is 588. The van der Waals surface area contributed by atoms with E-state index in [-0.39, 0.29) is 42.5 Å². The van der Waals surface area contributed by atoms with Gasteiger partial charge in [0.2, 0.25) is 5.91 Å². The van der Waals surface area contributed by atoms with Gasteiger partial charge in [-0.25, -0.2) is 14.7 Å². The molecule has 0 fully saturated rings. The van der Waals surface area contributed by atoms with Crippen molar-refractivity contribution < 1.29 is 9.53 Å². The molecule has 0 aliphatic carbocycles. The number of carbonyl (C=O) groups is 1. The molecule has 0 saturated carbocycles. The van der Waals surface area contributed by atoms with E-state index in [1.165, 1.54) is 4.90 Å². The van der Waals surface area contributed by atoms with Crippen LogP contribution in [0.4, 0.5) is 0 Å². The third-order valence-electron chi connectivity index (χ3n) is 3.76. The summed E-state index contributed by atoms with van der Waals surface area (Å²) in [6.07, 6.45) is 1.97. The van der Waals surface area contributed by atoms with Crippen LogP contribution < -0.4 is 10.6 Å². The maximum atomic E-state index is 11.8. The molecule has 9 nitrogen and oxygen atoms in total. The quantitative estimate of drug-likeness (QED) is 0.272. The standard InChI is InChI=1S/C15H27N7O2.HI/c1-11-18-14-12(6-5-8-22(14)20-11)19-15(16-7-9-24-4)17-10-13(23)21(2)3;/h12H,5-10H2,1-4H3,(H2,16,17,19);1H. The summed E-state index contributed by atoms with van der Waals surface area (Å²) in [6.45, 7) is 4.04. The average Bonchev–Trinajstić information content (AvgIpc) is 2.93. The highest BCUT2D eigenvalue weighted by atomic mass is 127. The molecule has 0 bridgehead atoms. The van der Waals surface area contributed by atoms with Gasteiger partial charge in [-0.05, 0) is 19.8 Å². The predicted octanol–water partition coefficient (Wildman–Crippen LogP) is 0.309. The molecule has 1 amide bonds. The zero-order valence-corrected chi connectivity index (χ0v) is 17.6. The molecule has 1 atom stereocenters. The number of nitrogens with one attached hydrogen (secondary N) is 2. The van der Waals surface area contributed by atoms with Crippen LogP contribution in [0.1, 0.15) is 30.5 Å². The van der Waals surface area contributed by atoms with Crippen molar-refractivity contribution >= 4 is 35.8 Å². The first-order chi connectivity index (χ1) is 11.5. The molecule has 0 saturated heterocycles. The Morgan fingerprint density at radius 3 is 2.92 bits per heavy atom. The van der Waals surface area contributed by atoms with Crippen molar-refractivity contribution in [3.63, 3.8) is 0 Å². The van der Waals surface area contributed by atoms with E-state index in [1.54, 1.807) is 21.2 Å². The SMILES string of the molecule is COCCNC(=NCC(=O)N(C)C)NC1CCCn2nc(C)nc21.I. The highest BCUT2D eigenvalue weighted by Gasteiger charge is 2.24. The van der Waals surface area contributed by atoms with Crippen molar-refractivity contribution in [1.29, 1.82) is 0 Å². The number of carbonyl (C=O) groups excluding carboxylic acids is 1. The summed E-state index contributed by atoms with van der Waals surface area (Å²) in [5.74, 6) is 2.22. The summed E-state index contributed by atoms with van der Waals surface area (Å²) >= 11 is 0. The topological polar surface area (TPSA) is 96.7 Å². The van der Waals surface area contributed by atoms with Crippen molar-refractivity contribution in [2.24, 2.45) is 4.99 Å². The minimum Gasteiger partial charge on any atom is -0.383 e. The first-order valence-electron chi connectivity index (χ1n) is 8.16. The Kier molecular flexibility index (Phi) is 9.11. The molecule has 0 aromatic carbocycles. The third-order valence-corrected chi connectivity index (χ3v) is 3.76. The van der Waals surface area contributed by atoms with Crippen LogP contribution in [0.25, 0.3) is 0 Å². The summed E-state index contributed by atoms with van der Waals surface area (Å²) in [6, 6.07) is 0.0307. The molecule has 1 aromatic rings. The largest absolute Gasteiger partial charge is 0.383 e. The normalized spacial score (nSPS) is 16.6. The Morgan fingerprint density at radius 2 is 2.24 bits per heavy atom. The second-order valence-corrected chi connectivity index (χ2v) is 5.95. The van der Waals surface area contributed by atoms with E-state index in [0.29, 0.717) is 19.1 Å². The molecule has 2 heterocycles. The number of amides is 1. The second kappa shape index (κ2) is 10.5. The Morgan fingerprint density at radius 1 is 1.48 bits per heavy atom. The second-order valence-electron chi connectivity index (χ2n) is 5.95. The van der Waals surface area contributed by atoms with Crippen molar-refractivity contribution in [3.8, 4) is 0 Å². The molecule has 1 unspecified atom stereocenters. The van der Waals surface area contributed by atoms with Crippen molar-refractivity contribution in [1.82, 2.24) is 30.3 Å². The Balaban J connectivity index is 0.00000312. The van der Waals surface area contributed by atoms with Gasteiger partial charge in [0.1, 0.15) is 18.2 Å². The minimum atomic E-state index is -0.0505. The molecule has 10 heteroatoms. The third kappa shape index (κ3) is 6.42. The minimum absolute atomic E-state index is 0. The first kappa shape index (κ1) is 21.6. The molecule has 1 aliphatic rings. The van der Waals surface area contributed by atoms with Crippen LogP contribution >= 0.6 is 24.0 Å². The lowest BCUT2D eigenvalue weighted by molar-refractivity contribution is -0.127. The number of guanidine groups is 1. The highest BCUT2D eigenvalue weighted by molar-refractivity contribution is 14.0. The van der Waals surface area contributed by atoms with Crippen molar-refractivity contribution in [2.45, 2.75) is 32.4 Å². The van der Waals surface area contributed by atoms with Gasteiger partial charge in [-0.3, -0.25) is 4.79 Å². The Labute approximate surface area is 165 Å². The molecule has 25 heavy (non-hydrogen) atoms. The summed E-state index contributed by atoms with van der Waals surface area (Å²) in [5.41, 5.74) is 0. The summed E-state index contributed by atoms with van der Waals surface area (Å²) in [7, 11) is 5.08. The van der Waals surface area contributed by atoms with E-state index < -0.39 is 0 Å². The zero-order valence-electron chi connectivity index (χ0n) is 15.3. The molecule has 0 spiro atoms. The van der Waals surface area contributed by atoms with Gasteiger partial charge in [-0.2, -0.15) is 5.10 Å². The maximum absolute atomic E-state index is 11.8. The van der Waals surface area contributed by atoms with E-state index in [9.17, 15) is 4.79 Å². The molecular weight excluding hydrogens is 437 g/mol. The van der Waals surface area contributed by atoms with Crippen LogP contribution in [0.5, 0.6) is 0 Å². The Hall–Kier alpha value is -1.43. The van der Waals surface area contributed by atoms with Crippen LogP contribution in [-0.2, 0) is 16.1 Å². The number of halogens is 1. The van der Waals surface area contributed by atoms with Gasteiger partial charge in [-0.15, -0.1) is 24.0 Å². The zero-order chi connectivity index (χ0) is 17.5. The van der Waals surface area contributed by atoms with Gasteiger partial charge < -0.3 is 20.3 Å². The van der Waals surface area contributed by atoms with Gasteiger partial charge in [0.15, 0.2) is 5.96 Å².